The van der Waals surface area contributed by atoms with Gasteiger partial charge in [-0.2, -0.15) is 0 Å². The zero-order valence-corrected chi connectivity index (χ0v) is 17.1. The molecule has 0 radical (unpaired) electrons. The Morgan fingerprint density at radius 3 is 2.86 bits per heavy atom. The highest BCUT2D eigenvalue weighted by Gasteiger charge is 2.27. The van der Waals surface area contributed by atoms with Crippen molar-refractivity contribution >= 4 is 11.7 Å². The van der Waals surface area contributed by atoms with Crippen LogP contribution < -0.4 is 15.0 Å². The molecule has 2 aliphatic heterocycles. The van der Waals surface area contributed by atoms with Crippen molar-refractivity contribution in [3.05, 3.63) is 53.7 Å². The van der Waals surface area contributed by atoms with E-state index in [2.05, 4.69) is 23.2 Å². The molecule has 1 atom stereocenters. The molecule has 0 saturated carbocycles. The van der Waals surface area contributed by atoms with Gasteiger partial charge >= 0.3 is 0 Å². The van der Waals surface area contributed by atoms with Crippen LogP contribution in [0.3, 0.4) is 0 Å². The molecule has 2 aromatic rings. The van der Waals surface area contributed by atoms with Crippen LogP contribution in [-0.2, 0) is 0 Å². The molecule has 2 aliphatic rings. The van der Waals surface area contributed by atoms with E-state index in [1.165, 1.54) is 0 Å². The van der Waals surface area contributed by atoms with Crippen LogP contribution in [0.2, 0.25) is 0 Å². The standard InChI is InChI=1S/C23H30N4O2/c1-18-7-2-3-10-21(18)29-19-8-5-14-27(17-19)23(28)20-9-4-11-22(25-20)26-15-6-12-24-13-16-26/h2-4,7,9-11,19,24H,5-6,8,12-17H2,1H3/t19-/m0/s1. The number of carbonyl (C=O) groups is 1. The molecule has 29 heavy (non-hydrogen) atoms. The second-order valence-corrected chi connectivity index (χ2v) is 7.87. The average Bonchev–Trinajstić information content (AvgIpc) is 3.05. The number of carbonyl (C=O) groups excluding carboxylic acids is 1. The number of nitrogens with zero attached hydrogens (tertiary/aromatic N) is 3. The van der Waals surface area contributed by atoms with Crippen molar-refractivity contribution in [2.45, 2.75) is 32.3 Å². The summed E-state index contributed by atoms with van der Waals surface area (Å²) in [4.78, 5) is 22.0. The fourth-order valence-electron chi connectivity index (χ4n) is 4.04. The summed E-state index contributed by atoms with van der Waals surface area (Å²) in [5, 5.41) is 3.41. The molecule has 0 aliphatic carbocycles. The maximum Gasteiger partial charge on any atom is 0.272 e. The lowest BCUT2D eigenvalue weighted by molar-refractivity contribution is 0.0531. The van der Waals surface area contributed by atoms with E-state index in [-0.39, 0.29) is 12.0 Å². The molecule has 6 heteroatoms. The Hall–Kier alpha value is -2.60. The summed E-state index contributed by atoms with van der Waals surface area (Å²) in [6, 6.07) is 13.8. The van der Waals surface area contributed by atoms with E-state index in [1.807, 2.05) is 41.3 Å². The number of aromatic nitrogens is 1. The SMILES string of the molecule is Cc1ccccc1O[C@H]1CCCN(C(=O)c2cccc(N3CCCNCC3)n2)C1. The Bertz CT molecular complexity index is 833. The average molecular weight is 395 g/mol. The largest absolute Gasteiger partial charge is 0.488 e. The molecule has 0 bridgehead atoms. The van der Waals surface area contributed by atoms with Gasteiger partial charge in [-0.05, 0) is 56.5 Å². The fourth-order valence-corrected chi connectivity index (χ4v) is 4.04. The van der Waals surface area contributed by atoms with E-state index in [0.717, 1.165) is 69.1 Å². The van der Waals surface area contributed by atoms with Crippen LogP contribution >= 0.6 is 0 Å². The van der Waals surface area contributed by atoms with Crippen LogP contribution in [0.5, 0.6) is 5.75 Å². The summed E-state index contributed by atoms with van der Waals surface area (Å²) in [5.41, 5.74) is 1.65. The van der Waals surface area contributed by atoms with Gasteiger partial charge in [0, 0.05) is 26.2 Å². The van der Waals surface area contributed by atoms with Crippen LogP contribution in [0.15, 0.2) is 42.5 Å². The number of likely N-dealkylation sites (tertiary alicyclic amines) is 1. The molecule has 4 rings (SSSR count). The molecule has 2 fully saturated rings. The van der Waals surface area contributed by atoms with E-state index in [4.69, 9.17) is 9.72 Å². The molecular weight excluding hydrogens is 364 g/mol. The van der Waals surface area contributed by atoms with Crippen LogP contribution in [-0.4, -0.2) is 61.2 Å². The molecule has 0 unspecified atom stereocenters. The molecule has 2 saturated heterocycles. The number of rotatable bonds is 4. The zero-order chi connectivity index (χ0) is 20.1. The number of hydrogen-bond acceptors (Lipinski definition) is 5. The van der Waals surface area contributed by atoms with Crippen LogP contribution in [0, 0.1) is 6.92 Å². The van der Waals surface area contributed by atoms with Crippen LogP contribution in [0.4, 0.5) is 5.82 Å². The number of aryl methyl sites for hydroxylation is 1. The Labute approximate surface area is 172 Å². The molecule has 6 nitrogen and oxygen atoms in total. The third-order valence-electron chi connectivity index (χ3n) is 5.67. The molecule has 1 N–H and O–H groups in total. The van der Waals surface area contributed by atoms with Gasteiger partial charge in [0.25, 0.3) is 5.91 Å². The first-order valence-electron chi connectivity index (χ1n) is 10.6. The minimum Gasteiger partial charge on any atom is -0.488 e. The fraction of sp³-hybridized carbons (Fsp3) is 0.478. The summed E-state index contributed by atoms with van der Waals surface area (Å²) in [6.45, 7) is 7.27. The molecule has 154 valence electrons. The van der Waals surface area contributed by atoms with Crippen molar-refractivity contribution < 1.29 is 9.53 Å². The maximum absolute atomic E-state index is 13.1. The first kappa shape index (κ1) is 19.7. The van der Waals surface area contributed by atoms with Gasteiger partial charge < -0.3 is 19.9 Å². The van der Waals surface area contributed by atoms with Crippen molar-refractivity contribution in [2.75, 3.05) is 44.2 Å². The van der Waals surface area contributed by atoms with Gasteiger partial charge in [0.2, 0.25) is 0 Å². The second kappa shape index (κ2) is 9.27. The van der Waals surface area contributed by atoms with E-state index >= 15 is 0 Å². The van der Waals surface area contributed by atoms with Crippen molar-refractivity contribution in [3.63, 3.8) is 0 Å². The Kier molecular flexibility index (Phi) is 6.30. The van der Waals surface area contributed by atoms with Gasteiger partial charge in [-0.3, -0.25) is 4.79 Å². The van der Waals surface area contributed by atoms with Gasteiger partial charge in [0.15, 0.2) is 0 Å². The monoisotopic (exact) mass is 394 g/mol. The van der Waals surface area contributed by atoms with Crippen molar-refractivity contribution in [2.24, 2.45) is 0 Å². The zero-order valence-electron chi connectivity index (χ0n) is 17.1. The Morgan fingerprint density at radius 1 is 1.07 bits per heavy atom. The number of piperidine rings is 1. The van der Waals surface area contributed by atoms with Gasteiger partial charge in [0.1, 0.15) is 23.4 Å². The number of anilines is 1. The number of nitrogens with one attached hydrogen (secondary N) is 1. The number of ether oxygens (including phenoxy) is 1. The first-order chi connectivity index (χ1) is 14.2. The highest BCUT2D eigenvalue weighted by Crippen LogP contribution is 2.23. The highest BCUT2D eigenvalue weighted by molar-refractivity contribution is 5.92. The summed E-state index contributed by atoms with van der Waals surface area (Å²) < 4.78 is 6.21. The van der Waals surface area contributed by atoms with E-state index < -0.39 is 0 Å². The minimum absolute atomic E-state index is 0.00196. The number of hydrogen-bond donors (Lipinski definition) is 1. The second-order valence-electron chi connectivity index (χ2n) is 7.87. The predicted molar refractivity (Wildman–Crippen MR) is 115 cm³/mol. The van der Waals surface area contributed by atoms with Gasteiger partial charge in [-0.15, -0.1) is 0 Å². The topological polar surface area (TPSA) is 57.7 Å². The molecule has 3 heterocycles. The van der Waals surface area contributed by atoms with E-state index in [0.29, 0.717) is 12.2 Å². The first-order valence-corrected chi connectivity index (χ1v) is 10.6. The summed E-state index contributed by atoms with van der Waals surface area (Å²) in [6.07, 6.45) is 3.02. The van der Waals surface area contributed by atoms with Crippen molar-refractivity contribution in [1.29, 1.82) is 0 Å². The number of amides is 1. The summed E-state index contributed by atoms with van der Waals surface area (Å²) >= 11 is 0. The van der Waals surface area contributed by atoms with Crippen LogP contribution in [0.1, 0.15) is 35.3 Å². The Morgan fingerprint density at radius 2 is 1.97 bits per heavy atom. The quantitative estimate of drug-likeness (QED) is 0.864. The smallest absolute Gasteiger partial charge is 0.272 e. The predicted octanol–water partition coefficient (Wildman–Crippen LogP) is 2.87. The molecular formula is C23H30N4O2. The van der Waals surface area contributed by atoms with Crippen molar-refractivity contribution in [1.82, 2.24) is 15.2 Å². The van der Waals surface area contributed by atoms with Gasteiger partial charge in [-0.25, -0.2) is 4.98 Å². The van der Waals surface area contributed by atoms with Gasteiger partial charge in [-0.1, -0.05) is 24.3 Å². The summed E-state index contributed by atoms with van der Waals surface area (Å²) in [5.74, 6) is 1.80. The molecule has 1 amide bonds. The minimum atomic E-state index is -0.00196. The maximum atomic E-state index is 13.1. The third kappa shape index (κ3) is 4.88. The number of benzene rings is 1. The van der Waals surface area contributed by atoms with Crippen molar-refractivity contribution in [3.8, 4) is 5.75 Å². The third-order valence-corrected chi connectivity index (χ3v) is 5.67. The number of pyridine rings is 1. The van der Waals surface area contributed by atoms with Crippen LogP contribution in [0.25, 0.3) is 0 Å². The Balaban J connectivity index is 1.43. The molecule has 0 spiro atoms. The lowest BCUT2D eigenvalue weighted by Gasteiger charge is -2.33. The number of para-hydroxylation sites is 1. The highest BCUT2D eigenvalue weighted by atomic mass is 16.5. The lowest BCUT2D eigenvalue weighted by Crippen LogP contribution is -2.44. The lowest BCUT2D eigenvalue weighted by atomic mass is 10.1. The molecule has 1 aromatic heterocycles. The molecule has 1 aromatic carbocycles. The van der Waals surface area contributed by atoms with E-state index in [9.17, 15) is 4.79 Å². The normalized spacial score (nSPS) is 20.2. The van der Waals surface area contributed by atoms with Gasteiger partial charge in [0.05, 0.1) is 6.54 Å². The van der Waals surface area contributed by atoms with E-state index in [1.54, 1.807) is 0 Å². The summed E-state index contributed by atoms with van der Waals surface area (Å²) in [7, 11) is 0.